The van der Waals surface area contributed by atoms with Crippen molar-refractivity contribution in [2.45, 2.75) is 20.3 Å². The molecule has 60 valence electrons. The zero-order valence-corrected chi connectivity index (χ0v) is 6.55. The van der Waals surface area contributed by atoms with E-state index in [-0.39, 0.29) is 18.0 Å². The summed E-state index contributed by atoms with van der Waals surface area (Å²) in [4.78, 5) is 10.6. The van der Waals surface area contributed by atoms with Crippen LogP contribution in [0.4, 0.5) is 0 Å². The summed E-state index contributed by atoms with van der Waals surface area (Å²) in [7, 11) is 0. The van der Waals surface area contributed by atoms with Crippen molar-refractivity contribution in [3.63, 3.8) is 0 Å². The Morgan fingerprint density at radius 3 is 2.73 bits per heavy atom. The van der Waals surface area contributed by atoms with Crippen LogP contribution in [0.5, 0.6) is 5.75 Å². The number of hydrogen-bond donors (Lipinski definition) is 1. The van der Waals surface area contributed by atoms with E-state index in [4.69, 9.17) is 9.52 Å². The van der Waals surface area contributed by atoms with Crippen molar-refractivity contribution in [1.82, 2.24) is 0 Å². The molecule has 0 amide bonds. The van der Waals surface area contributed by atoms with Gasteiger partial charge in [0.05, 0.1) is 6.42 Å². The SMILES string of the molecule is CC(=O)Cc1oc(C)cc1O. The van der Waals surface area contributed by atoms with Crippen molar-refractivity contribution < 1.29 is 14.3 Å². The minimum absolute atomic E-state index is 0.0188. The van der Waals surface area contributed by atoms with Gasteiger partial charge in [0.15, 0.2) is 11.5 Å². The van der Waals surface area contributed by atoms with Gasteiger partial charge in [-0.1, -0.05) is 0 Å². The van der Waals surface area contributed by atoms with Crippen LogP contribution in [0.1, 0.15) is 18.4 Å². The molecule has 1 aromatic heterocycles. The second-order valence-electron chi connectivity index (χ2n) is 2.54. The minimum Gasteiger partial charge on any atom is -0.504 e. The first-order valence-electron chi connectivity index (χ1n) is 3.37. The summed E-state index contributed by atoms with van der Waals surface area (Å²) in [6.45, 7) is 3.18. The van der Waals surface area contributed by atoms with E-state index in [2.05, 4.69) is 0 Å². The molecule has 0 bridgehead atoms. The fourth-order valence-corrected chi connectivity index (χ4v) is 0.902. The third-order valence-electron chi connectivity index (χ3n) is 1.32. The maximum atomic E-state index is 10.6. The van der Waals surface area contributed by atoms with E-state index in [1.165, 1.54) is 13.0 Å². The molecule has 3 heteroatoms. The Bertz CT molecular complexity index is 273. The van der Waals surface area contributed by atoms with E-state index >= 15 is 0 Å². The summed E-state index contributed by atoms with van der Waals surface area (Å²) in [6, 6.07) is 1.50. The van der Waals surface area contributed by atoms with Crippen molar-refractivity contribution >= 4 is 5.78 Å². The Hall–Kier alpha value is -1.25. The lowest BCUT2D eigenvalue weighted by molar-refractivity contribution is -0.116. The smallest absolute Gasteiger partial charge is 0.157 e. The lowest BCUT2D eigenvalue weighted by Crippen LogP contribution is -1.94. The lowest BCUT2D eigenvalue weighted by Gasteiger charge is -1.90. The van der Waals surface area contributed by atoms with Crippen molar-refractivity contribution in [3.8, 4) is 5.75 Å². The van der Waals surface area contributed by atoms with Gasteiger partial charge in [0.25, 0.3) is 0 Å². The van der Waals surface area contributed by atoms with Gasteiger partial charge in [0.1, 0.15) is 11.5 Å². The molecule has 1 rings (SSSR count). The van der Waals surface area contributed by atoms with E-state index in [1.807, 2.05) is 0 Å². The van der Waals surface area contributed by atoms with Crippen LogP contribution < -0.4 is 0 Å². The molecule has 0 aliphatic carbocycles. The zero-order valence-electron chi connectivity index (χ0n) is 6.55. The van der Waals surface area contributed by atoms with Gasteiger partial charge >= 0.3 is 0 Å². The molecule has 0 aromatic carbocycles. The highest BCUT2D eigenvalue weighted by Crippen LogP contribution is 2.21. The number of hydrogen-bond acceptors (Lipinski definition) is 3. The second-order valence-corrected chi connectivity index (χ2v) is 2.54. The van der Waals surface area contributed by atoms with Crippen molar-refractivity contribution in [2.24, 2.45) is 0 Å². The molecule has 0 aliphatic heterocycles. The highest BCUT2D eigenvalue weighted by molar-refractivity contribution is 5.78. The summed E-state index contributed by atoms with van der Waals surface area (Å²) in [5.74, 6) is 1.03. The molecule has 1 heterocycles. The molecule has 0 spiro atoms. The summed E-state index contributed by atoms with van der Waals surface area (Å²) in [5.41, 5.74) is 0. The number of Topliss-reactive ketones (excluding diaryl/α,β-unsaturated/α-hetero) is 1. The summed E-state index contributed by atoms with van der Waals surface area (Å²) < 4.78 is 5.05. The molecule has 0 saturated carbocycles. The van der Waals surface area contributed by atoms with Gasteiger partial charge < -0.3 is 9.52 Å². The van der Waals surface area contributed by atoms with Crippen LogP contribution in [0.15, 0.2) is 10.5 Å². The predicted octanol–water partition coefficient (Wildman–Crippen LogP) is 1.43. The second kappa shape index (κ2) is 2.78. The van der Waals surface area contributed by atoms with Crippen molar-refractivity contribution in [2.75, 3.05) is 0 Å². The molecule has 0 radical (unpaired) electrons. The molecule has 0 saturated heterocycles. The first kappa shape index (κ1) is 7.85. The van der Waals surface area contributed by atoms with Crippen LogP contribution >= 0.6 is 0 Å². The third kappa shape index (κ3) is 1.83. The maximum absolute atomic E-state index is 10.6. The van der Waals surface area contributed by atoms with Crippen LogP contribution in [0.2, 0.25) is 0 Å². The highest BCUT2D eigenvalue weighted by atomic mass is 16.4. The molecule has 0 aliphatic rings. The Balaban J connectivity index is 2.85. The molecule has 0 fully saturated rings. The molecular weight excluding hydrogens is 144 g/mol. The quantitative estimate of drug-likeness (QED) is 0.700. The van der Waals surface area contributed by atoms with Crippen molar-refractivity contribution in [3.05, 3.63) is 17.6 Å². The van der Waals surface area contributed by atoms with Crippen LogP contribution in [-0.4, -0.2) is 10.9 Å². The molecule has 11 heavy (non-hydrogen) atoms. The number of carbonyl (C=O) groups is 1. The fourth-order valence-electron chi connectivity index (χ4n) is 0.902. The average Bonchev–Trinajstić information content (AvgIpc) is 2.09. The first-order valence-corrected chi connectivity index (χ1v) is 3.37. The fraction of sp³-hybridized carbons (Fsp3) is 0.375. The van der Waals surface area contributed by atoms with Crippen molar-refractivity contribution in [1.29, 1.82) is 0 Å². The first-order chi connectivity index (χ1) is 5.09. The normalized spacial score (nSPS) is 10.0. The number of furan rings is 1. The standard InChI is InChI=1S/C8H10O3/c1-5(9)3-8-7(10)4-6(2)11-8/h4,10H,3H2,1-2H3. The Morgan fingerprint density at radius 2 is 2.36 bits per heavy atom. The number of aromatic hydroxyl groups is 1. The van der Waals surface area contributed by atoms with Crippen LogP contribution in [0, 0.1) is 6.92 Å². The molecular formula is C8H10O3. The van der Waals surface area contributed by atoms with E-state index in [0.29, 0.717) is 11.5 Å². The number of ketones is 1. The molecule has 1 N–H and O–H groups in total. The third-order valence-corrected chi connectivity index (χ3v) is 1.32. The maximum Gasteiger partial charge on any atom is 0.157 e. The highest BCUT2D eigenvalue weighted by Gasteiger charge is 2.08. The molecule has 0 atom stereocenters. The van der Waals surface area contributed by atoms with Gasteiger partial charge in [0.2, 0.25) is 0 Å². The Labute approximate surface area is 64.6 Å². The Morgan fingerprint density at radius 1 is 1.73 bits per heavy atom. The summed E-state index contributed by atoms with van der Waals surface area (Å²) in [6.07, 6.45) is 0.166. The van der Waals surface area contributed by atoms with E-state index in [0.717, 1.165) is 0 Å². The predicted molar refractivity (Wildman–Crippen MR) is 39.5 cm³/mol. The van der Waals surface area contributed by atoms with E-state index in [9.17, 15) is 4.79 Å². The topological polar surface area (TPSA) is 50.4 Å². The van der Waals surface area contributed by atoms with Crippen LogP contribution in [0.3, 0.4) is 0 Å². The number of aryl methyl sites for hydroxylation is 1. The van der Waals surface area contributed by atoms with Gasteiger partial charge in [-0.2, -0.15) is 0 Å². The van der Waals surface area contributed by atoms with Crippen LogP contribution in [0.25, 0.3) is 0 Å². The minimum atomic E-state index is -0.0188. The largest absolute Gasteiger partial charge is 0.504 e. The lowest BCUT2D eigenvalue weighted by atomic mass is 10.2. The summed E-state index contributed by atoms with van der Waals surface area (Å²) in [5, 5.41) is 9.13. The molecule has 1 aromatic rings. The number of rotatable bonds is 2. The average molecular weight is 154 g/mol. The van der Waals surface area contributed by atoms with E-state index in [1.54, 1.807) is 6.92 Å². The van der Waals surface area contributed by atoms with Gasteiger partial charge in [-0.05, 0) is 13.8 Å². The molecule has 3 nitrogen and oxygen atoms in total. The van der Waals surface area contributed by atoms with Gasteiger partial charge in [0, 0.05) is 6.07 Å². The zero-order chi connectivity index (χ0) is 8.43. The Kier molecular flexibility index (Phi) is 1.98. The van der Waals surface area contributed by atoms with E-state index < -0.39 is 0 Å². The van der Waals surface area contributed by atoms with Gasteiger partial charge in [-0.15, -0.1) is 0 Å². The monoisotopic (exact) mass is 154 g/mol. The van der Waals surface area contributed by atoms with Crippen LogP contribution in [-0.2, 0) is 11.2 Å². The number of carbonyl (C=O) groups excluding carboxylic acids is 1. The summed E-state index contributed by atoms with van der Waals surface area (Å²) >= 11 is 0. The van der Waals surface area contributed by atoms with Gasteiger partial charge in [-0.3, -0.25) is 4.79 Å². The van der Waals surface area contributed by atoms with Gasteiger partial charge in [-0.25, -0.2) is 0 Å². The molecule has 0 unspecified atom stereocenters.